The second-order valence-electron chi connectivity index (χ2n) is 6.42. The minimum atomic E-state index is -0.00330. The Morgan fingerprint density at radius 1 is 0.682 bits per heavy atom. The summed E-state index contributed by atoms with van der Waals surface area (Å²) in [7, 11) is 0. The number of unbranched alkanes of at least 4 members (excludes halogenated alkanes) is 11. The predicted octanol–water partition coefficient (Wildman–Crippen LogP) is 6.34. The lowest BCUT2D eigenvalue weighted by molar-refractivity contribution is 0.398. The molecule has 0 heterocycles. The maximum absolute atomic E-state index is 9.72. The average Bonchev–Trinajstić information content (AvgIpc) is 2.52. The molecule has 22 heavy (non-hydrogen) atoms. The van der Waals surface area contributed by atoms with Crippen molar-refractivity contribution in [3.63, 3.8) is 0 Å². The van der Waals surface area contributed by atoms with Gasteiger partial charge in [-0.25, -0.2) is 0 Å². The lowest BCUT2D eigenvalue weighted by Crippen LogP contribution is -1.88. The molecule has 1 rings (SSSR count). The van der Waals surface area contributed by atoms with E-state index in [9.17, 15) is 10.2 Å². The predicted molar refractivity (Wildman–Crippen MR) is 94.6 cm³/mol. The molecule has 126 valence electrons. The number of benzene rings is 1. The Morgan fingerprint density at radius 3 is 1.73 bits per heavy atom. The molecule has 0 atom stereocenters. The molecule has 0 bridgehead atoms. The van der Waals surface area contributed by atoms with Crippen LogP contribution in [0.15, 0.2) is 18.2 Å². The molecule has 2 heteroatoms. The Hall–Kier alpha value is -1.18. The summed E-state index contributed by atoms with van der Waals surface area (Å²) >= 11 is 0. The van der Waals surface area contributed by atoms with Crippen LogP contribution in [0.4, 0.5) is 0 Å². The molecule has 0 aliphatic heterocycles. The molecule has 0 saturated carbocycles. The molecule has 0 spiro atoms. The van der Waals surface area contributed by atoms with Gasteiger partial charge < -0.3 is 10.2 Å². The molecular formula is C20H34O2. The number of aryl methyl sites for hydroxylation is 1. The quantitative estimate of drug-likeness (QED) is 0.329. The van der Waals surface area contributed by atoms with Crippen LogP contribution in [0, 0.1) is 0 Å². The van der Waals surface area contributed by atoms with Crippen LogP contribution in [0.5, 0.6) is 11.5 Å². The summed E-state index contributed by atoms with van der Waals surface area (Å²) < 4.78 is 0. The number of phenolic OH excluding ortho intramolecular Hbond substituents is 2. The molecule has 0 aliphatic carbocycles. The molecule has 0 amide bonds. The first-order valence-electron chi connectivity index (χ1n) is 9.25. The van der Waals surface area contributed by atoms with Crippen LogP contribution >= 0.6 is 0 Å². The summed E-state index contributed by atoms with van der Waals surface area (Å²) in [6.07, 6.45) is 16.9. The van der Waals surface area contributed by atoms with Crippen molar-refractivity contribution < 1.29 is 10.2 Å². The van der Waals surface area contributed by atoms with Gasteiger partial charge in [-0.2, -0.15) is 0 Å². The van der Waals surface area contributed by atoms with E-state index in [2.05, 4.69) is 6.92 Å². The van der Waals surface area contributed by atoms with Gasteiger partial charge in [0.1, 0.15) is 0 Å². The van der Waals surface area contributed by atoms with E-state index in [1.54, 1.807) is 6.07 Å². The van der Waals surface area contributed by atoms with Gasteiger partial charge in [0.15, 0.2) is 11.5 Å². The molecule has 0 radical (unpaired) electrons. The summed E-state index contributed by atoms with van der Waals surface area (Å²) in [5.41, 5.74) is 0.868. The first-order valence-corrected chi connectivity index (χ1v) is 9.25. The van der Waals surface area contributed by atoms with Gasteiger partial charge in [0, 0.05) is 0 Å². The molecule has 2 nitrogen and oxygen atoms in total. The summed E-state index contributed by atoms with van der Waals surface area (Å²) in [6, 6.07) is 5.22. The van der Waals surface area contributed by atoms with Crippen LogP contribution in [-0.2, 0) is 6.42 Å². The smallest absolute Gasteiger partial charge is 0.160 e. The normalized spacial score (nSPS) is 11.0. The van der Waals surface area contributed by atoms with Gasteiger partial charge in [-0.15, -0.1) is 0 Å². The fourth-order valence-corrected chi connectivity index (χ4v) is 2.94. The molecule has 1 aromatic carbocycles. The van der Waals surface area contributed by atoms with E-state index >= 15 is 0 Å². The Labute approximate surface area is 136 Å². The van der Waals surface area contributed by atoms with E-state index < -0.39 is 0 Å². The molecular weight excluding hydrogens is 272 g/mol. The molecule has 0 unspecified atom stereocenters. The molecule has 0 aromatic heterocycles. The second-order valence-corrected chi connectivity index (χ2v) is 6.42. The number of hydrogen-bond donors (Lipinski definition) is 2. The summed E-state index contributed by atoms with van der Waals surface area (Å²) in [5, 5.41) is 19.2. The van der Waals surface area contributed by atoms with E-state index in [1.807, 2.05) is 6.07 Å². The van der Waals surface area contributed by atoms with Gasteiger partial charge in [-0.1, -0.05) is 89.7 Å². The van der Waals surface area contributed by atoms with Gasteiger partial charge >= 0.3 is 0 Å². The topological polar surface area (TPSA) is 40.5 Å². The number of para-hydroxylation sites is 1. The SMILES string of the molecule is CCCCCCCCCCCCCCc1cccc(O)c1O. The molecule has 2 N–H and O–H groups in total. The Balaban J connectivity index is 1.90. The fraction of sp³-hybridized carbons (Fsp3) is 0.700. The summed E-state index contributed by atoms with van der Waals surface area (Å²) in [6.45, 7) is 2.27. The third kappa shape index (κ3) is 8.31. The molecule has 0 aliphatic rings. The Kier molecular flexibility index (Phi) is 10.6. The van der Waals surface area contributed by atoms with Crippen LogP contribution in [0.3, 0.4) is 0 Å². The first-order chi connectivity index (χ1) is 10.8. The largest absolute Gasteiger partial charge is 0.504 e. The van der Waals surface area contributed by atoms with Crippen molar-refractivity contribution in [2.24, 2.45) is 0 Å². The highest BCUT2D eigenvalue weighted by molar-refractivity contribution is 5.44. The van der Waals surface area contributed by atoms with Crippen molar-refractivity contribution >= 4 is 0 Å². The molecule has 1 aromatic rings. The first kappa shape index (κ1) is 18.9. The second kappa shape index (κ2) is 12.4. The van der Waals surface area contributed by atoms with E-state index in [0.717, 1.165) is 18.4 Å². The summed E-state index contributed by atoms with van der Waals surface area (Å²) in [4.78, 5) is 0. The van der Waals surface area contributed by atoms with Crippen LogP contribution in [0.25, 0.3) is 0 Å². The van der Waals surface area contributed by atoms with Crippen LogP contribution in [-0.4, -0.2) is 10.2 Å². The summed E-state index contributed by atoms with van der Waals surface area (Å²) in [5.74, 6) is 0.0574. The Bertz CT molecular complexity index is 387. The highest BCUT2D eigenvalue weighted by Crippen LogP contribution is 2.29. The molecule has 0 fully saturated rings. The van der Waals surface area contributed by atoms with Crippen molar-refractivity contribution in [1.29, 1.82) is 0 Å². The highest BCUT2D eigenvalue weighted by Gasteiger charge is 2.04. The van der Waals surface area contributed by atoms with Gasteiger partial charge in [-0.05, 0) is 24.5 Å². The van der Waals surface area contributed by atoms with Crippen molar-refractivity contribution in [3.05, 3.63) is 23.8 Å². The lowest BCUT2D eigenvalue weighted by Gasteiger charge is -2.06. The van der Waals surface area contributed by atoms with Gasteiger partial charge in [0.05, 0.1) is 0 Å². The standard InChI is InChI=1S/C20H34O2/c1-2-3-4-5-6-7-8-9-10-11-12-13-15-18-16-14-17-19(21)20(18)22/h14,16-17,21-22H,2-13,15H2,1H3. The minimum Gasteiger partial charge on any atom is -0.504 e. The van der Waals surface area contributed by atoms with Crippen molar-refractivity contribution in [1.82, 2.24) is 0 Å². The maximum atomic E-state index is 9.72. The van der Waals surface area contributed by atoms with E-state index in [-0.39, 0.29) is 11.5 Å². The van der Waals surface area contributed by atoms with Crippen LogP contribution < -0.4 is 0 Å². The van der Waals surface area contributed by atoms with E-state index in [0.29, 0.717) is 0 Å². The third-order valence-electron chi connectivity index (χ3n) is 4.40. The zero-order valence-electron chi connectivity index (χ0n) is 14.3. The fourth-order valence-electron chi connectivity index (χ4n) is 2.94. The zero-order chi connectivity index (χ0) is 16.0. The lowest BCUT2D eigenvalue weighted by atomic mass is 10.0. The number of phenols is 2. The molecule has 0 saturated heterocycles. The Morgan fingerprint density at radius 2 is 1.18 bits per heavy atom. The van der Waals surface area contributed by atoms with Crippen LogP contribution in [0.1, 0.15) is 89.5 Å². The number of hydrogen-bond acceptors (Lipinski definition) is 2. The third-order valence-corrected chi connectivity index (χ3v) is 4.40. The number of rotatable bonds is 13. The van der Waals surface area contributed by atoms with E-state index in [4.69, 9.17) is 0 Å². The minimum absolute atomic E-state index is 0.00330. The monoisotopic (exact) mass is 306 g/mol. The van der Waals surface area contributed by atoms with Gasteiger partial charge in [0.2, 0.25) is 0 Å². The van der Waals surface area contributed by atoms with Gasteiger partial charge in [-0.3, -0.25) is 0 Å². The van der Waals surface area contributed by atoms with E-state index in [1.165, 1.54) is 76.7 Å². The van der Waals surface area contributed by atoms with Crippen molar-refractivity contribution in [2.45, 2.75) is 90.4 Å². The maximum Gasteiger partial charge on any atom is 0.160 e. The number of aromatic hydroxyl groups is 2. The highest BCUT2D eigenvalue weighted by atomic mass is 16.3. The average molecular weight is 306 g/mol. The van der Waals surface area contributed by atoms with Crippen LogP contribution in [0.2, 0.25) is 0 Å². The van der Waals surface area contributed by atoms with Crippen molar-refractivity contribution in [2.75, 3.05) is 0 Å². The zero-order valence-corrected chi connectivity index (χ0v) is 14.3. The van der Waals surface area contributed by atoms with Crippen molar-refractivity contribution in [3.8, 4) is 11.5 Å². The van der Waals surface area contributed by atoms with Gasteiger partial charge in [0.25, 0.3) is 0 Å².